The van der Waals surface area contributed by atoms with Gasteiger partial charge in [0.1, 0.15) is 11.6 Å². The molecule has 2 aromatic rings. The van der Waals surface area contributed by atoms with Crippen molar-refractivity contribution in [3.05, 3.63) is 60.2 Å². The second kappa shape index (κ2) is 10.6. The number of rotatable bonds is 8. The molecule has 1 unspecified atom stereocenters. The lowest BCUT2D eigenvalue weighted by atomic mass is 10.0. The van der Waals surface area contributed by atoms with E-state index in [9.17, 15) is 19.5 Å². The summed E-state index contributed by atoms with van der Waals surface area (Å²) in [5.74, 6) is -2.19. The number of hydrogen-bond donors (Lipinski definition) is 3. The molecule has 2 aromatic carbocycles. The van der Waals surface area contributed by atoms with Gasteiger partial charge in [0.2, 0.25) is 5.91 Å². The zero-order valence-electron chi connectivity index (χ0n) is 18.3. The van der Waals surface area contributed by atoms with Crippen LogP contribution in [0.1, 0.15) is 33.3 Å². The summed E-state index contributed by atoms with van der Waals surface area (Å²) in [7, 11) is 0. The minimum Gasteiger partial charge on any atom is -0.480 e. The largest absolute Gasteiger partial charge is 0.480 e. The van der Waals surface area contributed by atoms with Crippen molar-refractivity contribution < 1.29 is 24.2 Å². The molecule has 2 amide bonds. The number of carboxylic acid groups (broad SMARTS) is 1. The van der Waals surface area contributed by atoms with Crippen LogP contribution in [0.4, 0.5) is 4.79 Å². The van der Waals surface area contributed by atoms with Crippen molar-refractivity contribution in [3.63, 3.8) is 0 Å². The van der Waals surface area contributed by atoms with Crippen LogP contribution < -0.4 is 10.6 Å². The van der Waals surface area contributed by atoms with Crippen molar-refractivity contribution in [2.75, 3.05) is 6.54 Å². The first-order valence-electron chi connectivity index (χ1n) is 10.2. The fraction of sp³-hybridized carbons (Fsp3) is 0.375. The predicted octanol–water partition coefficient (Wildman–Crippen LogP) is 3.63. The van der Waals surface area contributed by atoms with Gasteiger partial charge in [0.05, 0.1) is 5.92 Å². The van der Waals surface area contributed by atoms with Crippen molar-refractivity contribution in [2.24, 2.45) is 5.92 Å². The molecule has 31 heavy (non-hydrogen) atoms. The van der Waals surface area contributed by atoms with Gasteiger partial charge in [0.25, 0.3) is 0 Å². The molecule has 0 bridgehead atoms. The molecule has 2 rings (SSSR count). The highest BCUT2D eigenvalue weighted by atomic mass is 16.6. The molecule has 0 heterocycles. The van der Waals surface area contributed by atoms with E-state index in [0.29, 0.717) is 0 Å². The summed E-state index contributed by atoms with van der Waals surface area (Å²) < 4.78 is 5.13. The summed E-state index contributed by atoms with van der Waals surface area (Å²) in [6.07, 6.45) is -0.469. The molecule has 166 valence electrons. The second-order valence-electron chi connectivity index (χ2n) is 8.45. The topological polar surface area (TPSA) is 105 Å². The van der Waals surface area contributed by atoms with Crippen LogP contribution in [-0.2, 0) is 20.7 Å². The molecule has 0 fully saturated rings. The molecule has 0 saturated carbocycles. The third-order valence-corrected chi connectivity index (χ3v) is 4.51. The van der Waals surface area contributed by atoms with E-state index in [4.69, 9.17) is 4.74 Å². The minimum absolute atomic E-state index is 0.0405. The number of aliphatic carboxylic acids is 1. The van der Waals surface area contributed by atoms with Gasteiger partial charge in [-0.15, -0.1) is 0 Å². The Bertz CT molecular complexity index is 888. The summed E-state index contributed by atoms with van der Waals surface area (Å²) in [6.45, 7) is 6.88. The van der Waals surface area contributed by atoms with Gasteiger partial charge in [-0.1, -0.05) is 61.5 Å². The Kier molecular flexibility index (Phi) is 8.19. The third kappa shape index (κ3) is 8.12. The third-order valence-electron chi connectivity index (χ3n) is 4.51. The van der Waals surface area contributed by atoms with Crippen molar-refractivity contribution in [2.45, 2.75) is 45.8 Å². The van der Waals surface area contributed by atoms with Crippen LogP contribution in [0.25, 0.3) is 11.1 Å². The van der Waals surface area contributed by atoms with E-state index in [0.717, 1.165) is 16.7 Å². The maximum Gasteiger partial charge on any atom is 0.407 e. The molecular formula is C24H30N2O5. The molecular weight excluding hydrogens is 396 g/mol. The highest BCUT2D eigenvalue weighted by molar-refractivity contribution is 5.85. The molecule has 0 aliphatic heterocycles. The lowest BCUT2D eigenvalue weighted by Crippen LogP contribution is -2.47. The fourth-order valence-corrected chi connectivity index (χ4v) is 2.86. The molecule has 2 atom stereocenters. The van der Waals surface area contributed by atoms with Crippen LogP contribution in [-0.4, -0.2) is 41.3 Å². The standard InChI is InChI=1S/C24H30N2O5/c1-16(15-25-23(30)31-24(2,3)4)21(27)26-20(22(28)29)14-17-10-12-19(13-11-17)18-8-6-5-7-9-18/h5-13,16,20H,14-15H2,1-4H3,(H,25,30)(H,26,27)(H,28,29)/t16?,20-/m1/s1. The molecule has 0 aliphatic rings. The van der Waals surface area contributed by atoms with Gasteiger partial charge in [-0.2, -0.15) is 0 Å². The summed E-state index contributed by atoms with van der Waals surface area (Å²) in [5, 5.41) is 14.6. The predicted molar refractivity (Wildman–Crippen MR) is 119 cm³/mol. The molecule has 7 nitrogen and oxygen atoms in total. The number of alkyl carbamates (subject to hydrolysis) is 1. The average Bonchev–Trinajstić information content (AvgIpc) is 2.71. The molecule has 0 spiro atoms. The number of amides is 2. The van der Waals surface area contributed by atoms with E-state index in [1.165, 1.54) is 0 Å². The van der Waals surface area contributed by atoms with E-state index >= 15 is 0 Å². The monoisotopic (exact) mass is 426 g/mol. The van der Waals surface area contributed by atoms with Crippen LogP contribution in [0.15, 0.2) is 54.6 Å². The van der Waals surface area contributed by atoms with E-state index in [-0.39, 0.29) is 13.0 Å². The van der Waals surface area contributed by atoms with Crippen molar-refractivity contribution in [1.82, 2.24) is 10.6 Å². The number of ether oxygens (including phenoxy) is 1. The number of carbonyl (C=O) groups is 3. The van der Waals surface area contributed by atoms with E-state index in [2.05, 4.69) is 10.6 Å². The minimum atomic E-state index is -1.12. The van der Waals surface area contributed by atoms with Crippen molar-refractivity contribution in [3.8, 4) is 11.1 Å². The Morgan fingerprint density at radius 3 is 2.10 bits per heavy atom. The number of hydrogen-bond acceptors (Lipinski definition) is 4. The van der Waals surface area contributed by atoms with E-state index in [1.54, 1.807) is 27.7 Å². The Morgan fingerprint density at radius 2 is 1.55 bits per heavy atom. The maximum absolute atomic E-state index is 12.4. The summed E-state index contributed by atoms with van der Waals surface area (Å²) in [5.41, 5.74) is 2.26. The normalized spacial score (nSPS) is 13.0. The first-order chi connectivity index (χ1) is 14.5. The fourth-order valence-electron chi connectivity index (χ4n) is 2.86. The van der Waals surface area contributed by atoms with Crippen LogP contribution in [0.3, 0.4) is 0 Å². The second-order valence-corrected chi connectivity index (χ2v) is 8.45. The van der Waals surface area contributed by atoms with Gasteiger partial charge in [0, 0.05) is 13.0 Å². The first-order valence-corrected chi connectivity index (χ1v) is 10.2. The molecule has 7 heteroatoms. The van der Waals surface area contributed by atoms with Crippen LogP contribution in [0.5, 0.6) is 0 Å². The van der Waals surface area contributed by atoms with Gasteiger partial charge >= 0.3 is 12.1 Å². The Morgan fingerprint density at radius 1 is 0.968 bits per heavy atom. The highest BCUT2D eigenvalue weighted by Crippen LogP contribution is 2.19. The molecule has 0 saturated heterocycles. The number of carbonyl (C=O) groups excluding carboxylic acids is 2. The molecule has 0 radical (unpaired) electrons. The van der Waals surface area contributed by atoms with Crippen LogP contribution >= 0.6 is 0 Å². The molecule has 0 aromatic heterocycles. The Labute approximate surface area is 182 Å². The molecule has 0 aliphatic carbocycles. The lowest BCUT2D eigenvalue weighted by molar-refractivity contribution is -0.142. The van der Waals surface area contributed by atoms with Crippen LogP contribution in [0.2, 0.25) is 0 Å². The van der Waals surface area contributed by atoms with Gasteiger partial charge < -0.3 is 20.5 Å². The Hall–Kier alpha value is -3.35. The zero-order chi connectivity index (χ0) is 23.0. The lowest BCUT2D eigenvalue weighted by Gasteiger charge is -2.21. The SMILES string of the molecule is CC(CNC(=O)OC(C)(C)C)C(=O)N[C@H](Cc1ccc(-c2ccccc2)cc1)C(=O)O. The zero-order valence-corrected chi connectivity index (χ0v) is 18.3. The quantitative estimate of drug-likeness (QED) is 0.598. The summed E-state index contributed by atoms with van der Waals surface area (Å²) in [6, 6.07) is 16.4. The number of nitrogens with one attached hydrogen (secondary N) is 2. The van der Waals surface area contributed by atoms with Crippen molar-refractivity contribution in [1.29, 1.82) is 0 Å². The number of benzene rings is 2. The van der Waals surface area contributed by atoms with Gasteiger partial charge in [-0.05, 0) is 37.5 Å². The first kappa shape index (κ1) is 23.9. The van der Waals surface area contributed by atoms with E-state index < -0.39 is 35.5 Å². The highest BCUT2D eigenvalue weighted by Gasteiger charge is 2.24. The maximum atomic E-state index is 12.4. The summed E-state index contributed by atoms with van der Waals surface area (Å²) in [4.78, 5) is 35.8. The van der Waals surface area contributed by atoms with E-state index in [1.807, 2.05) is 54.6 Å². The van der Waals surface area contributed by atoms with Gasteiger partial charge in [-0.3, -0.25) is 4.79 Å². The summed E-state index contributed by atoms with van der Waals surface area (Å²) >= 11 is 0. The average molecular weight is 427 g/mol. The van der Waals surface area contributed by atoms with Gasteiger partial charge in [0.15, 0.2) is 0 Å². The number of carboxylic acids is 1. The smallest absolute Gasteiger partial charge is 0.407 e. The van der Waals surface area contributed by atoms with Gasteiger partial charge in [-0.25, -0.2) is 9.59 Å². The molecule has 3 N–H and O–H groups in total. The van der Waals surface area contributed by atoms with Crippen LogP contribution in [0, 0.1) is 5.92 Å². The Balaban J connectivity index is 1.92. The van der Waals surface area contributed by atoms with Crippen molar-refractivity contribution >= 4 is 18.0 Å².